The summed E-state index contributed by atoms with van der Waals surface area (Å²) < 4.78 is 0. The molecule has 2 aliphatic heterocycles. The van der Waals surface area contributed by atoms with E-state index < -0.39 is 6.04 Å². The van der Waals surface area contributed by atoms with Crippen LogP contribution in [-0.4, -0.2) is 53.8 Å². The van der Waals surface area contributed by atoms with Crippen LogP contribution in [-0.2, 0) is 16.1 Å². The Balaban J connectivity index is 1.41. The highest BCUT2D eigenvalue weighted by Gasteiger charge is 2.43. The summed E-state index contributed by atoms with van der Waals surface area (Å²) in [6, 6.07) is 14.8. The Kier molecular flexibility index (Phi) is 5.69. The van der Waals surface area contributed by atoms with Crippen molar-refractivity contribution >= 4 is 40.7 Å². The molecule has 2 aliphatic rings. The van der Waals surface area contributed by atoms with Gasteiger partial charge < -0.3 is 0 Å². The summed E-state index contributed by atoms with van der Waals surface area (Å²) in [5, 5.41) is 0.779. The molecule has 0 saturated carbocycles. The molecule has 2 aromatic rings. The topological polar surface area (TPSA) is 43.9 Å². The lowest BCUT2D eigenvalue weighted by Crippen LogP contribution is -2.52. The van der Waals surface area contributed by atoms with Crippen LogP contribution in [0.2, 0.25) is 10.0 Å². The Morgan fingerprint density at radius 1 is 0.929 bits per heavy atom. The minimum Gasteiger partial charge on any atom is -0.297 e. The summed E-state index contributed by atoms with van der Waals surface area (Å²) >= 11 is 12.2. The molecule has 0 spiro atoms. The summed E-state index contributed by atoms with van der Waals surface area (Å²) in [6.45, 7) is 4.17. The first kappa shape index (κ1) is 19.4. The fourth-order valence-corrected chi connectivity index (χ4v) is 4.38. The van der Waals surface area contributed by atoms with Crippen molar-refractivity contribution in [3.63, 3.8) is 0 Å². The van der Waals surface area contributed by atoms with Crippen LogP contribution in [0.1, 0.15) is 12.0 Å². The Morgan fingerprint density at radius 2 is 1.64 bits per heavy atom. The van der Waals surface area contributed by atoms with Crippen molar-refractivity contribution in [3.8, 4) is 0 Å². The van der Waals surface area contributed by atoms with E-state index in [0.717, 1.165) is 32.7 Å². The van der Waals surface area contributed by atoms with Gasteiger partial charge in [-0.25, -0.2) is 4.90 Å². The van der Waals surface area contributed by atoms with E-state index in [4.69, 9.17) is 23.2 Å². The number of halogens is 2. The number of benzene rings is 2. The molecule has 2 aromatic carbocycles. The van der Waals surface area contributed by atoms with Crippen molar-refractivity contribution in [2.45, 2.75) is 19.0 Å². The number of anilines is 1. The average molecular weight is 418 g/mol. The lowest BCUT2D eigenvalue weighted by Gasteiger charge is -2.37. The molecule has 0 bridgehead atoms. The van der Waals surface area contributed by atoms with Crippen molar-refractivity contribution in [3.05, 3.63) is 64.1 Å². The summed E-state index contributed by atoms with van der Waals surface area (Å²) in [6.07, 6.45) is 0.191. The third kappa shape index (κ3) is 3.94. The van der Waals surface area contributed by atoms with E-state index in [9.17, 15) is 9.59 Å². The number of piperazine rings is 1. The van der Waals surface area contributed by atoms with Gasteiger partial charge in [0.2, 0.25) is 5.91 Å². The van der Waals surface area contributed by atoms with Gasteiger partial charge in [0, 0.05) is 37.7 Å². The molecular formula is C21H21Cl2N3O2. The molecule has 5 nitrogen and oxygen atoms in total. The SMILES string of the molecule is O=C1C[C@H](N2CCN(Cc3ccccc3)CC2)C(=O)N1c1ccc(Cl)cc1Cl. The standard InChI is InChI=1S/C21H21Cl2N3O2/c22-16-6-7-18(17(23)12-16)26-20(27)13-19(21(26)28)25-10-8-24(9-11-25)14-15-4-2-1-3-5-15/h1-7,12,19H,8-11,13-14H2/t19-/m0/s1. The highest BCUT2D eigenvalue weighted by molar-refractivity contribution is 6.38. The quantitative estimate of drug-likeness (QED) is 0.714. The highest BCUT2D eigenvalue weighted by Crippen LogP contribution is 2.33. The fourth-order valence-electron chi connectivity index (χ4n) is 3.89. The van der Waals surface area contributed by atoms with Gasteiger partial charge in [0.15, 0.2) is 0 Å². The molecule has 7 heteroatoms. The van der Waals surface area contributed by atoms with Crippen molar-refractivity contribution in [2.24, 2.45) is 0 Å². The van der Waals surface area contributed by atoms with E-state index in [0.29, 0.717) is 15.7 Å². The monoisotopic (exact) mass is 417 g/mol. The molecule has 0 radical (unpaired) electrons. The van der Waals surface area contributed by atoms with Gasteiger partial charge in [-0.3, -0.25) is 19.4 Å². The number of imide groups is 1. The van der Waals surface area contributed by atoms with Crippen LogP contribution in [0.4, 0.5) is 5.69 Å². The van der Waals surface area contributed by atoms with Crippen LogP contribution in [0, 0.1) is 0 Å². The summed E-state index contributed by atoms with van der Waals surface area (Å²) in [4.78, 5) is 31.2. The van der Waals surface area contributed by atoms with Crippen molar-refractivity contribution in [2.75, 3.05) is 31.1 Å². The molecule has 0 aliphatic carbocycles. The third-order valence-corrected chi connectivity index (χ3v) is 5.91. The molecule has 146 valence electrons. The maximum atomic E-state index is 13.0. The van der Waals surface area contributed by atoms with Gasteiger partial charge in [-0.1, -0.05) is 53.5 Å². The van der Waals surface area contributed by atoms with E-state index in [-0.39, 0.29) is 18.2 Å². The van der Waals surface area contributed by atoms with Crippen LogP contribution in [0.3, 0.4) is 0 Å². The molecule has 2 saturated heterocycles. The van der Waals surface area contributed by atoms with Crippen LogP contribution in [0.5, 0.6) is 0 Å². The predicted molar refractivity (Wildman–Crippen MR) is 111 cm³/mol. The Labute approximate surface area is 174 Å². The van der Waals surface area contributed by atoms with Crippen molar-refractivity contribution in [1.82, 2.24) is 9.80 Å². The van der Waals surface area contributed by atoms with Gasteiger partial charge in [0.05, 0.1) is 23.2 Å². The molecule has 0 N–H and O–H groups in total. The molecule has 28 heavy (non-hydrogen) atoms. The highest BCUT2D eigenvalue weighted by atomic mass is 35.5. The van der Waals surface area contributed by atoms with Gasteiger partial charge in [-0.05, 0) is 23.8 Å². The Bertz CT molecular complexity index is 882. The lowest BCUT2D eigenvalue weighted by atomic mass is 10.1. The number of amides is 2. The second-order valence-electron chi connectivity index (χ2n) is 7.18. The van der Waals surface area contributed by atoms with Crippen LogP contribution in [0.15, 0.2) is 48.5 Å². The van der Waals surface area contributed by atoms with Gasteiger partial charge in [-0.2, -0.15) is 0 Å². The molecule has 2 heterocycles. The van der Waals surface area contributed by atoms with E-state index in [2.05, 4.69) is 21.9 Å². The lowest BCUT2D eigenvalue weighted by molar-refractivity contribution is -0.123. The molecular weight excluding hydrogens is 397 g/mol. The van der Waals surface area contributed by atoms with Crippen molar-refractivity contribution in [1.29, 1.82) is 0 Å². The van der Waals surface area contributed by atoms with Gasteiger partial charge >= 0.3 is 0 Å². The normalized spacial score (nSPS) is 21.5. The molecule has 0 unspecified atom stereocenters. The Morgan fingerprint density at radius 3 is 2.32 bits per heavy atom. The molecule has 4 rings (SSSR count). The second-order valence-corrected chi connectivity index (χ2v) is 8.02. The molecule has 1 atom stereocenters. The van der Waals surface area contributed by atoms with Crippen LogP contribution < -0.4 is 4.90 Å². The predicted octanol–water partition coefficient (Wildman–Crippen LogP) is 3.44. The van der Waals surface area contributed by atoms with E-state index >= 15 is 0 Å². The molecule has 2 fully saturated rings. The first-order valence-corrected chi connectivity index (χ1v) is 10.1. The number of nitrogens with zero attached hydrogens (tertiary/aromatic N) is 3. The molecule has 0 aromatic heterocycles. The van der Waals surface area contributed by atoms with Gasteiger partial charge in [0.25, 0.3) is 5.91 Å². The first-order valence-electron chi connectivity index (χ1n) is 9.35. The minimum atomic E-state index is -0.418. The summed E-state index contributed by atoms with van der Waals surface area (Å²) in [5.74, 6) is -0.420. The van der Waals surface area contributed by atoms with Crippen LogP contribution >= 0.6 is 23.2 Å². The first-order chi connectivity index (χ1) is 13.5. The van der Waals surface area contributed by atoms with Gasteiger partial charge in [-0.15, -0.1) is 0 Å². The smallest absolute Gasteiger partial charge is 0.251 e. The molecule has 2 amide bonds. The zero-order valence-electron chi connectivity index (χ0n) is 15.4. The van der Waals surface area contributed by atoms with E-state index in [1.165, 1.54) is 10.5 Å². The second kappa shape index (κ2) is 8.21. The number of rotatable bonds is 4. The largest absolute Gasteiger partial charge is 0.297 e. The summed E-state index contributed by atoms with van der Waals surface area (Å²) in [7, 11) is 0. The van der Waals surface area contributed by atoms with Crippen molar-refractivity contribution < 1.29 is 9.59 Å². The number of carbonyl (C=O) groups excluding carboxylic acids is 2. The number of hydrogen-bond donors (Lipinski definition) is 0. The Hall–Kier alpha value is -1.92. The average Bonchev–Trinajstić information content (AvgIpc) is 2.98. The number of hydrogen-bond acceptors (Lipinski definition) is 4. The van der Waals surface area contributed by atoms with E-state index in [1.807, 2.05) is 18.2 Å². The summed E-state index contributed by atoms with van der Waals surface area (Å²) in [5.41, 5.74) is 1.69. The maximum absolute atomic E-state index is 13.0. The zero-order valence-corrected chi connectivity index (χ0v) is 16.9. The van der Waals surface area contributed by atoms with Crippen LogP contribution in [0.25, 0.3) is 0 Å². The number of carbonyl (C=O) groups is 2. The van der Waals surface area contributed by atoms with E-state index in [1.54, 1.807) is 18.2 Å². The zero-order chi connectivity index (χ0) is 19.7. The maximum Gasteiger partial charge on any atom is 0.251 e. The minimum absolute atomic E-state index is 0.191. The third-order valence-electron chi connectivity index (χ3n) is 5.37. The van der Waals surface area contributed by atoms with Gasteiger partial charge in [0.1, 0.15) is 0 Å². The fraction of sp³-hybridized carbons (Fsp3) is 0.333.